The Bertz CT molecular complexity index is 1050. The number of hydrogen-bond acceptors (Lipinski definition) is 9. The fourth-order valence-electron chi connectivity index (χ4n) is 3.58. The van der Waals surface area contributed by atoms with Gasteiger partial charge in [-0.1, -0.05) is 0 Å². The van der Waals surface area contributed by atoms with Crippen molar-refractivity contribution in [1.29, 1.82) is 0 Å². The summed E-state index contributed by atoms with van der Waals surface area (Å²) in [5.41, 5.74) is 8.67. The second-order valence-electron chi connectivity index (χ2n) is 7.29. The van der Waals surface area contributed by atoms with Crippen LogP contribution >= 0.6 is 11.3 Å². The predicted molar refractivity (Wildman–Crippen MR) is 127 cm³/mol. The molecule has 0 spiro atoms. The van der Waals surface area contributed by atoms with Gasteiger partial charge in [-0.2, -0.15) is 0 Å². The quantitative estimate of drug-likeness (QED) is 0.548. The first-order chi connectivity index (χ1) is 15.1. The van der Waals surface area contributed by atoms with Crippen molar-refractivity contribution in [3.05, 3.63) is 53.6 Å². The number of nitrogens with one attached hydrogen (secondary N) is 1. The average Bonchev–Trinajstić information content (AvgIpc) is 3.41. The number of imidazole rings is 1. The predicted octanol–water partition coefficient (Wildman–Crippen LogP) is 2.82. The van der Waals surface area contributed by atoms with E-state index in [-0.39, 0.29) is 0 Å². The monoisotopic (exact) mass is 437 g/mol. The van der Waals surface area contributed by atoms with Crippen LogP contribution in [0.25, 0.3) is 0 Å². The van der Waals surface area contributed by atoms with Crippen molar-refractivity contribution in [2.75, 3.05) is 36.4 Å². The van der Waals surface area contributed by atoms with Gasteiger partial charge in [0, 0.05) is 57.6 Å². The Kier molecular flexibility index (Phi) is 6.58. The molecule has 3 aromatic heterocycles. The van der Waals surface area contributed by atoms with Crippen LogP contribution in [0.5, 0.6) is 0 Å². The van der Waals surface area contributed by atoms with Crippen LogP contribution in [0, 0.1) is 6.92 Å². The minimum atomic E-state index is 0.691. The Morgan fingerprint density at radius 2 is 2.06 bits per heavy atom. The molecule has 4 rings (SSSR count). The van der Waals surface area contributed by atoms with E-state index >= 15 is 0 Å². The van der Waals surface area contributed by atoms with Gasteiger partial charge in [0.15, 0.2) is 10.9 Å². The molecule has 1 aliphatic heterocycles. The summed E-state index contributed by atoms with van der Waals surface area (Å²) in [6, 6.07) is 4.05. The number of rotatable bonds is 7. The zero-order chi connectivity index (χ0) is 21.6. The van der Waals surface area contributed by atoms with Crippen molar-refractivity contribution in [2.45, 2.75) is 13.5 Å². The average molecular weight is 438 g/mol. The highest BCUT2D eigenvalue weighted by molar-refractivity contribution is 7.13. The number of pyridine rings is 1. The lowest BCUT2D eigenvalue weighted by Crippen LogP contribution is -2.46. The second-order valence-corrected chi connectivity index (χ2v) is 8.19. The Hall–Kier alpha value is -3.24. The van der Waals surface area contributed by atoms with Gasteiger partial charge in [-0.3, -0.25) is 4.90 Å². The number of piperazine rings is 1. The van der Waals surface area contributed by atoms with E-state index in [1.807, 2.05) is 31.6 Å². The van der Waals surface area contributed by atoms with E-state index in [2.05, 4.69) is 45.7 Å². The molecule has 0 aliphatic carbocycles. The van der Waals surface area contributed by atoms with Gasteiger partial charge in [0.05, 0.1) is 23.3 Å². The van der Waals surface area contributed by atoms with Crippen LogP contribution in [-0.4, -0.2) is 56.8 Å². The van der Waals surface area contributed by atoms with Crippen LogP contribution in [0.1, 0.15) is 11.4 Å². The molecule has 0 aromatic carbocycles. The highest BCUT2D eigenvalue weighted by Gasteiger charge is 2.20. The molecular weight excluding hydrogens is 410 g/mol. The summed E-state index contributed by atoms with van der Waals surface area (Å²) in [5, 5.41) is 6.07. The Labute approximate surface area is 186 Å². The minimum absolute atomic E-state index is 0.691. The van der Waals surface area contributed by atoms with Crippen molar-refractivity contribution in [3.63, 3.8) is 0 Å². The van der Waals surface area contributed by atoms with Crippen LogP contribution in [-0.2, 0) is 13.6 Å². The van der Waals surface area contributed by atoms with E-state index < -0.39 is 0 Å². The number of nitrogens with zero attached hydrogens (tertiary/aromatic N) is 7. The van der Waals surface area contributed by atoms with Crippen LogP contribution < -0.4 is 16.0 Å². The van der Waals surface area contributed by atoms with Gasteiger partial charge in [0.1, 0.15) is 0 Å². The van der Waals surface area contributed by atoms with E-state index in [9.17, 15) is 0 Å². The van der Waals surface area contributed by atoms with Gasteiger partial charge in [-0.15, -0.1) is 11.3 Å². The lowest BCUT2D eigenvalue weighted by Gasteiger charge is -2.36. The number of aryl methyl sites for hydroxylation is 1. The number of hydrogen-bond donors (Lipinski definition) is 2. The maximum Gasteiger partial charge on any atom is 0.209 e. The van der Waals surface area contributed by atoms with Crippen molar-refractivity contribution in [2.24, 2.45) is 17.8 Å². The summed E-state index contributed by atoms with van der Waals surface area (Å²) in [5.74, 6) is 1.51. The molecule has 0 unspecified atom stereocenters. The number of nitrogens with two attached hydrogens (primary N) is 1. The largest absolute Gasteiger partial charge is 0.405 e. The molecule has 0 radical (unpaired) electrons. The fourth-order valence-corrected chi connectivity index (χ4v) is 4.10. The first kappa shape index (κ1) is 21.0. The summed E-state index contributed by atoms with van der Waals surface area (Å²) in [6.07, 6.45) is 8.51. The summed E-state index contributed by atoms with van der Waals surface area (Å²) >= 11 is 1.56. The third kappa shape index (κ3) is 5.09. The third-order valence-electron chi connectivity index (χ3n) is 5.28. The maximum absolute atomic E-state index is 5.33. The molecule has 3 N–H and O–H groups in total. The normalized spacial score (nSPS) is 15.4. The second kappa shape index (κ2) is 9.71. The molecule has 1 fully saturated rings. The zero-order valence-electron chi connectivity index (χ0n) is 17.8. The Morgan fingerprint density at radius 3 is 2.77 bits per heavy atom. The molecule has 0 atom stereocenters. The molecule has 162 valence electrons. The van der Waals surface area contributed by atoms with Crippen molar-refractivity contribution in [3.8, 4) is 0 Å². The number of aliphatic imine (C=N–C) groups is 1. The van der Waals surface area contributed by atoms with Crippen LogP contribution in [0.3, 0.4) is 0 Å². The number of allylic oxidation sites excluding steroid dienone is 1. The Balaban J connectivity index is 1.33. The molecule has 1 saturated heterocycles. The maximum atomic E-state index is 5.33. The third-order valence-corrected chi connectivity index (χ3v) is 5.97. The first-order valence-corrected chi connectivity index (χ1v) is 11.0. The summed E-state index contributed by atoms with van der Waals surface area (Å²) in [7, 11) is 2.04. The van der Waals surface area contributed by atoms with E-state index in [1.54, 1.807) is 29.8 Å². The molecule has 10 heteroatoms. The number of aromatic nitrogens is 4. The standard InChI is InChI=1S/C21H27N9S/c1-16-18(4-5-19(26-16)23-7-3-6-22)30-11-9-29(10-12-30)15-17-14-25-20(28(17)2)27-21-24-8-13-31-21/h3-8,13-14H,9-12,15,22H2,1-2H3,(H,24,25,27)/b6-3-,23-7?. The van der Waals surface area contributed by atoms with Crippen LogP contribution in [0.15, 0.2) is 47.2 Å². The highest BCUT2D eigenvalue weighted by Crippen LogP contribution is 2.24. The van der Waals surface area contributed by atoms with E-state index in [4.69, 9.17) is 5.73 Å². The van der Waals surface area contributed by atoms with Gasteiger partial charge < -0.3 is 20.5 Å². The molecule has 1 aliphatic rings. The summed E-state index contributed by atoms with van der Waals surface area (Å²) < 4.78 is 2.10. The smallest absolute Gasteiger partial charge is 0.209 e. The van der Waals surface area contributed by atoms with Gasteiger partial charge in [0.25, 0.3) is 0 Å². The fraction of sp³-hybridized carbons (Fsp3) is 0.333. The zero-order valence-corrected chi connectivity index (χ0v) is 18.6. The first-order valence-electron chi connectivity index (χ1n) is 10.2. The van der Waals surface area contributed by atoms with Crippen molar-refractivity contribution in [1.82, 2.24) is 24.4 Å². The van der Waals surface area contributed by atoms with Crippen LogP contribution in [0.2, 0.25) is 0 Å². The van der Waals surface area contributed by atoms with Gasteiger partial charge in [-0.25, -0.2) is 19.9 Å². The Morgan fingerprint density at radius 1 is 1.23 bits per heavy atom. The molecule has 31 heavy (non-hydrogen) atoms. The molecule has 0 amide bonds. The van der Waals surface area contributed by atoms with E-state index in [0.29, 0.717) is 5.82 Å². The minimum Gasteiger partial charge on any atom is -0.405 e. The summed E-state index contributed by atoms with van der Waals surface area (Å²) in [6.45, 7) is 6.80. The molecular formula is C21H27N9S. The molecule has 4 heterocycles. The topological polar surface area (TPSA) is 100 Å². The lowest BCUT2D eigenvalue weighted by atomic mass is 10.2. The molecule has 0 bridgehead atoms. The van der Waals surface area contributed by atoms with Crippen molar-refractivity contribution >= 4 is 40.1 Å². The molecule has 0 saturated carbocycles. The molecule has 9 nitrogen and oxygen atoms in total. The van der Waals surface area contributed by atoms with Gasteiger partial charge >= 0.3 is 0 Å². The number of anilines is 3. The highest BCUT2D eigenvalue weighted by atomic mass is 32.1. The summed E-state index contributed by atoms with van der Waals surface area (Å²) in [4.78, 5) is 22.5. The lowest BCUT2D eigenvalue weighted by molar-refractivity contribution is 0.245. The van der Waals surface area contributed by atoms with Gasteiger partial charge in [-0.05, 0) is 31.3 Å². The van der Waals surface area contributed by atoms with E-state index in [0.717, 1.165) is 49.5 Å². The van der Waals surface area contributed by atoms with E-state index in [1.165, 1.54) is 17.6 Å². The van der Waals surface area contributed by atoms with Crippen molar-refractivity contribution < 1.29 is 0 Å². The van der Waals surface area contributed by atoms with Gasteiger partial charge in [0.2, 0.25) is 5.95 Å². The molecule has 3 aromatic rings. The van der Waals surface area contributed by atoms with Crippen LogP contribution in [0.4, 0.5) is 22.6 Å². The SMILES string of the molecule is Cc1nc(N=C/C=C\N)ccc1N1CCN(Cc2cnc(Nc3nccs3)n2C)CC1. The number of thiazole rings is 1.